The number of thiol groups is 1. The lowest BCUT2D eigenvalue weighted by Gasteiger charge is -2.22. The molecular formula is C8H11NO5S. The minimum atomic E-state index is -1.16. The number of carboxylic acid groups (broad SMARTS) is 2. The van der Waals surface area contributed by atoms with Gasteiger partial charge < -0.3 is 15.1 Å². The van der Waals surface area contributed by atoms with Gasteiger partial charge in [0.05, 0.1) is 5.92 Å². The van der Waals surface area contributed by atoms with Crippen molar-refractivity contribution in [2.24, 2.45) is 5.92 Å². The zero-order valence-electron chi connectivity index (χ0n) is 7.79. The molecule has 15 heavy (non-hydrogen) atoms. The van der Waals surface area contributed by atoms with E-state index in [1.165, 1.54) is 0 Å². The third kappa shape index (κ3) is 2.41. The van der Waals surface area contributed by atoms with Crippen LogP contribution in [-0.2, 0) is 14.4 Å². The van der Waals surface area contributed by atoms with Crippen molar-refractivity contribution in [1.29, 1.82) is 0 Å². The average Bonchev–Trinajstić information content (AvgIpc) is 2.49. The van der Waals surface area contributed by atoms with E-state index in [1.807, 2.05) is 0 Å². The summed E-state index contributed by atoms with van der Waals surface area (Å²) in [6.45, 7) is -0.0499. The van der Waals surface area contributed by atoms with Crippen molar-refractivity contribution >= 4 is 30.5 Å². The monoisotopic (exact) mass is 233 g/mol. The van der Waals surface area contributed by atoms with Crippen molar-refractivity contribution in [1.82, 2.24) is 4.90 Å². The van der Waals surface area contributed by atoms with Crippen LogP contribution in [0.4, 0.5) is 0 Å². The lowest BCUT2D eigenvalue weighted by molar-refractivity contribution is -0.147. The highest BCUT2D eigenvalue weighted by Crippen LogP contribution is 2.21. The molecule has 1 fully saturated rings. The Kier molecular flexibility index (Phi) is 3.57. The highest BCUT2D eigenvalue weighted by molar-refractivity contribution is 7.80. The third-order valence-electron chi connectivity index (χ3n) is 2.34. The molecular weight excluding hydrogens is 222 g/mol. The van der Waals surface area contributed by atoms with Gasteiger partial charge in [0.15, 0.2) is 0 Å². The summed E-state index contributed by atoms with van der Waals surface area (Å²) in [6, 6.07) is -1.04. The van der Waals surface area contributed by atoms with Crippen molar-refractivity contribution in [3.05, 3.63) is 0 Å². The van der Waals surface area contributed by atoms with Gasteiger partial charge in [0.2, 0.25) is 5.91 Å². The molecule has 0 aromatic rings. The van der Waals surface area contributed by atoms with Crippen molar-refractivity contribution in [3.63, 3.8) is 0 Å². The number of amides is 1. The lowest BCUT2D eigenvalue weighted by atomic mass is 10.1. The van der Waals surface area contributed by atoms with E-state index < -0.39 is 29.8 Å². The highest BCUT2D eigenvalue weighted by atomic mass is 32.1. The van der Waals surface area contributed by atoms with Gasteiger partial charge in [-0.25, -0.2) is 4.79 Å². The Labute approximate surface area is 91.3 Å². The van der Waals surface area contributed by atoms with Gasteiger partial charge in [-0.05, 0) is 0 Å². The van der Waals surface area contributed by atoms with Crippen molar-refractivity contribution in [3.8, 4) is 0 Å². The Morgan fingerprint density at radius 2 is 2.13 bits per heavy atom. The Morgan fingerprint density at radius 1 is 1.53 bits per heavy atom. The summed E-state index contributed by atoms with van der Waals surface area (Å²) in [4.78, 5) is 33.8. The van der Waals surface area contributed by atoms with E-state index in [0.717, 1.165) is 4.90 Å². The molecule has 1 saturated heterocycles. The molecule has 0 saturated carbocycles. The maximum Gasteiger partial charge on any atom is 0.327 e. The number of carbonyl (C=O) groups is 3. The van der Waals surface area contributed by atoms with Gasteiger partial charge in [-0.15, -0.1) is 0 Å². The average molecular weight is 233 g/mol. The van der Waals surface area contributed by atoms with Crippen LogP contribution in [0, 0.1) is 5.92 Å². The van der Waals surface area contributed by atoms with Crippen LogP contribution in [0.2, 0.25) is 0 Å². The second-order valence-electron chi connectivity index (χ2n) is 3.32. The summed E-state index contributed by atoms with van der Waals surface area (Å²) >= 11 is 3.83. The minimum absolute atomic E-state index is 0.0204. The molecule has 1 heterocycles. The number of hydrogen-bond acceptors (Lipinski definition) is 4. The molecule has 2 atom stereocenters. The Balaban J connectivity index is 2.75. The van der Waals surface area contributed by atoms with Crippen LogP contribution in [-0.4, -0.2) is 51.3 Å². The van der Waals surface area contributed by atoms with Crippen molar-refractivity contribution in [2.75, 3.05) is 12.3 Å². The first-order valence-electron chi connectivity index (χ1n) is 4.33. The van der Waals surface area contributed by atoms with E-state index in [2.05, 4.69) is 12.6 Å². The molecule has 0 spiro atoms. The van der Waals surface area contributed by atoms with Crippen molar-refractivity contribution < 1.29 is 24.6 Å². The number of rotatable bonds is 4. The molecule has 7 heteroatoms. The number of carboxylic acids is 2. The van der Waals surface area contributed by atoms with Crippen LogP contribution in [0.15, 0.2) is 0 Å². The maximum atomic E-state index is 11.4. The summed E-state index contributed by atoms with van der Waals surface area (Å²) in [5.74, 6) is -3.51. The van der Waals surface area contributed by atoms with Crippen LogP contribution in [0.1, 0.15) is 6.42 Å². The summed E-state index contributed by atoms with van der Waals surface area (Å²) in [5, 5.41) is 17.5. The molecule has 2 N–H and O–H groups in total. The van der Waals surface area contributed by atoms with Crippen LogP contribution in [0.25, 0.3) is 0 Å². The molecule has 0 radical (unpaired) electrons. The van der Waals surface area contributed by atoms with Gasteiger partial charge >= 0.3 is 11.9 Å². The summed E-state index contributed by atoms with van der Waals surface area (Å²) in [5.41, 5.74) is 0. The fraction of sp³-hybridized carbons (Fsp3) is 0.625. The molecule has 1 unspecified atom stereocenters. The van der Waals surface area contributed by atoms with Crippen LogP contribution in [0.5, 0.6) is 0 Å². The molecule has 6 nitrogen and oxygen atoms in total. The first kappa shape index (κ1) is 11.8. The topological polar surface area (TPSA) is 94.9 Å². The number of nitrogens with zero attached hydrogens (tertiary/aromatic N) is 1. The standard InChI is InChI=1S/C8H11NO5S/c10-6-1-4(7(11)12)2-9(6)5(3-15)8(13)14/h4-5,15H,1-3H2,(H,11,12)(H,13,14)/t4?,5-/m0/s1. The van der Waals surface area contributed by atoms with Gasteiger partial charge in [0, 0.05) is 18.7 Å². The second-order valence-corrected chi connectivity index (χ2v) is 3.69. The minimum Gasteiger partial charge on any atom is -0.481 e. The van der Waals surface area contributed by atoms with Gasteiger partial charge in [-0.3, -0.25) is 9.59 Å². The highest BCUT2D eigenvalue weighted by Gasteiger charge is 2.39. The molecule has 1 aliphatic heterocycles. The Hall–Kier alpha value is -1.24. The first-order chi connectivity index (χ1) is 6.97. The zero-order valence-corrected chi connectivity index (χ0v) is 8.68. The van der Waals surface area contributed by atoms with E-state index in [4.69, 9.17) is 10.2 Å². The molecule has 0 aliphatic carbocycles. The quantitative estimate of drug-likeness (QED) is 0.558. The van der Waals surface area contributed by atoms with Crippen molar-refractivity contribution in [2.45, 2.75) is 12.5 Å². The van der Waals surface area contributed by atoms with E-state index in [0.29, 0.717) is 0 Å². The molecule has 0 aromatic carbocycles. The SMILES string of the molecule is O=C(O)C1CC(=O)N([C@@H](CS)C(=O)O)C1. The molecule has 1 aliphatic rings. The van der Waals surface area contributed by atoms with Crippen LogP contribution >= 0.6 is 12.6 Å². The van der Waals surface area contributed by atoms with E-state index in [1.54, 1.807) is 0 Å². The molecule has 84 valence electrons. The van der Waals surface area contributed by atoms with Crippen LogP contribution < -0.4 is 0 Å². The summed E-state index contributed by atoms with van der Waals surface area (Å²) in [6.07, 6.45) is -0.132. The van der Waals surface area contributed by atoms with E-state index >= 15 is 0 Å². The summed E-state index contributed by atoms with van der Waals surface area (Å²) < 4.78 is 0. The molecule has 1 amide bonds. The summed E-state index contributed by atoms with van der Waals surface area (Å²) in [7, 11) is 0. The number of likely N-dealkylation sites (tertiary alicyclic amines) is 1. The predicted molar refractivity (Wildman–Crippen MR) is 52.7 cm³/mol. The van der Waals surface area contributed by atoms with Gasteiger partial charge in [-0.1, -0.05) is 0 Å². The van der Waals surface area contributed by atoms with Crippen LogP contribution in [0.3, 0.4) is 0 Å². The zero-order chi connectivity index (χ0) is 11.6. The second kappa shape index (κ2) is 4.52. The predicted octanol–water partition coefficient (Wildman–Crippen LogP) is -0.698. The normalized spacial score (nSPS) is 22.9. The fourth-order valence-corrected chi connectivity index (χ4v) is 1.86. The van der Waals surface area contributed by atoms with Gasteiger partial charge in [-0.2, -0.15) is 12.6 Å². The van der Waals surface area contributed by atoms with Gasteiger partial charge in [0.25, 0.3) is 0 Å². The fourth-order valence-electron chi connectivity index (χ4n) is 1.51. The molecule has 1 rings (SSSR count). The number of carbonyl (C=O) groups excluding carboxylic acids is 1. The smallest absolute Gasteiger partial charge is 0.327 e. The maximum absolute atomic E-state index is 11.4. The number of hydrogen-bond donors (Lipinski definition) is 3. The molecule has 0 aromatic heterocycles. The molecule has 0 bridgehead atoms. The third-order valence-corrected chi connectivity index (χ3v) is 2.69. The Bertz CT molecular complexity index is 305. The largest absolute Gasteiger partial charge is 0.481 e. The Morgan fingerprint density at radius 3 is 2.47 bits per heavy atom. The first-order valence-corrected chi connectivity index (χ1v) is 4.96. The van der Waals surface area contributed by atoms with Gasteiger partial charge in [0.1, 0.15) is 6.04 Å². The van der Waals surface area contributed by atoms with E-state index in [9.17, 15) is 14.4 Å². The van der Waals surface area contributed by atoms with E-state index in [-0.39, 0.29) is 18.7 Å². The lowest BCUT2D eigenvalue weighted by Crippen LogP contribution is -2.43. The number of aliphatic carboxylic acids is 2.